The van der Waals surface area contributed by atoms with Crippen molar-refractivity contribution in [3.05, 3.63) is 35.4 Å². The van der Waals surface area contributed by atoms with Crippen molar-refractivity contribution in [1.29, 1.82) is 0 Å². The monoisotopic (exact) mass is 260 g/mol. The van der Waals surface area contributed by atoms with Crippen LogP contribution in [0.1, 0.15) is 43.2 Å². The Kier molecular flexibility index (Phi) is 5.41. The van der Waals surface area contributed by atoms with E-state index in [1.807, 2.05) is 0 Å². The summed E-state index contributed by atoms with van der Waals surface area (Å²) in [5.74, 6) is 0.744. The lowest BCUT2D eigenvalue weighted by molar-refractivity contribution is 0.229. The second-order valence-corrected chi connectivity index (χ2v) is 6.25. The van der Waals surface area contributed by atoms with Crippen molar-refractivity contribution in [2.24, 2.45) is 11.7 Å². The van der Waals surface area contributed by atoms with E-state index in [1.54, 1.807) is 0 Å². The summed E-state index contributed by atoms with van der Waals surface area (Å²) in [6, 6.07) is 9.10. The van der Waals surface area contributed by atoms with E-state index in [1.165, 1.54) is 43.2 Å². The van der Waals surface area contributed by atoms with E-state index < -0.39 is 0 Å². The minimum absolute atomic E-state index is 0.343. The normalized spacial score (nSPS) is 18.7. The zero-order chi connectivity index (χ0) is 13.7. The van der Waals surface area contributed by atoms with E-state index in [0.29, 0.717) is 6.04 Å². The molecule has 1 fully saturated rings. The van der Waals surface area contributed by atoms with Crippen molar-refractivity contribution in [3.8, 4) is 0 Å². The lowest BCUT2D eigenvalue weighted by Gasteiger charge is -2.30. The van der Waals surface area contributed by atoms with Crippen LogP contribution in [0.15, 0.2) is 24.3 Å². The maximum absolute atomic E-state index is 6.39. The molecular formula is C17H28N2. The molecule has 1 unspecified atom stereocenters. The van der Waals surface area contributed by atoms with Gasteiger partial charge in [-0.25, -0.2) is 0 Å². The molecule has 2 rings (SSSR count). The van der Waals surface area contributed by atoms with Crippen molar-refractivity contribution in [1.82, 2.24) is 4.90 Å². The van der Waals surface area contributed by atoms with Gasteiger partial charge in [-0.1, -0.05) is 49.1 Å². The smallest absolute Gasteiger partial charge is 0.0231 e. The Balaban J connectivity index is 1.81. The SMILES string of the molecule is Cc1cccc(CN(C)CC(N)C2CCCCC2)c1. The summed E-state index contributed by atoms with van der Waals surface area (Å²) in [6.07, 6.45) is 6.82. The quantitative estimate of drug-likeness (QED) is 0.880. The van der Waals surface area contributed by atoms with Crippen LogP contribution in [0.3, 0.4) is 0 Å². The Morgan fingerprint density at radius 3 is 2.68 bits per heavy atom. The van der Waals surface area contributed by atoms with Crippen molar-refractivity contribution >= 4 is 0 Å². The Bertz CT molecular complexity index is 383. The van der Waals surface area contributed by atoms with Gasteiger partial charge in [0.2, 0.25) is 0 Å². The maximum atomic E-state index is 6.39. The Morgan fingerprint density at radius 1 is 1.26 bits per heavy atom. The first-order valence-corrected chi connectivity index (χ1v) is 7.65. The zero-order valence-electron chi connectivity index (χ0n) is 12.4. The summed E-state index contributed by atoms with van der Waals surface area (Å²) in [6.45, 7) is 4.16. The highest BCUT2D eigenvalue weighted by Gasteiger charge is 2.21. The molecule has 1 aliphatic rings. The number of rotatable bonds is 5. The van der Waals surface area contributed by atoms with Gasteiger partial charge < -0.3 is 10.6 Å². The molecule has 1 saturated carbocycles. The molecular weight excluding hydrogens is 232 g/mol. The summed E-state index contributed by atoms with van der Waals surface area (Å²) >= 11 is 0. The van der Waals surface area contributed by atoms with Gasteiger partial charge in [0, 0.05) is 19.1 Å². The summed E-state index contributed by atoms with van der Waals surface area (Å²) < 4.78 is 0. The fourth-order valence-electron chi connectivity index (χ4n) is 3.26. The number of aryl methyl sites for hydroxylation is 1. The van der Waals surface area contributed by atoms with Gasteiger partial charge in [0.05, 0.1) is 0 Å². The van der Waals surface area contributed by atoms with E-state index >= 15 is 0 Å². The number of hydrogen-bond donors (Lipinski definition) is 1. The first-order valence-electron chi connectivity index (χ1n) is 7.65. The zero-order valence-corrected chi connectivity index (χ0v) is 12.4. The van der Waals surface area contributed by atoms with Crippen LogP contribution in [0, 0.1) is 12.8 Å². The third-order valence-corrected chi connectivity index (χ3v) is 4.31. The highest BCUT2D eigenvalue weighted by atomic mass is 15.1. The minimum atomic E-state index is 0.343. The first kappa shape index (κ1) is 14.5. The van der Waals surface area contributed by atoms with Crippen molar-refractivity contribution in [2.75, 3.05) is 13.6 Å². The molecule has 0 spiro atoms. The van der Waals surface area contributed by atoms with Crippen LogP contribution in [-0.4, -0.2) is 24.5 Å². The summed E-state index contributed by atoms with van der Waals surface area (Å²) in [7, 11) is 2.19. The van der Waals surface area contributed by atoms with Crippen molar-refractivity contribution < 1.29 is 0 Å². The molecule has 0 aromatic heterocycles. The van der Waals surface area contributed by atoms with Gasteiger partial charge in [-0.3, -0.25) is 0 Å². The van der Waals surface area contributed by atoms with Gasteiger partial charge in [0.15, 0.2) is 0 Å². The number of nitrogens with two attached hydrogens (primary N) is 1. The molecule has 0 heterocycles. The number of hydrogen-bond acceptors (Lipinski definition) is 2. The molecule has 0 bridgehead atoms. The van der Waals surface area contributed by atoms with Gasteiger partial charge in [-0.05, 0) is 38.3 Å². The van der Waals surface area contributed by atoms with Gasteiger partial charge >= 0.3 is 0 Å². The lowest BCUT2D eigenvalue weighted by Crippen LogP contribution is -2.41. The van der Waals surface area contributed by atoms with E-state index in [-0.39, 0.29) is 0 Å². The van der Waals surface area contributed by atoms with Crippen LogP contribution in [-0.2, 0) is 6.54 Å². The average Bonchev–Trinajstić information content (AvgIpc) is 2.39. The fraction of sp³-hybridized carbons (Fsp3) is 0.647. The first-order chi connectivity index (χ1) is 9.15. The highest BCUT2D eigenvalue weighted by molar-refractivity contribution is 5.22. The lowest BCUT2D eigenvalue weighted by atomic mass is 9.84. The topological polar surface area (TPSA) is 29.3 Å². The number of benzene rings is 1. The molecule has 106 valence electrons. The second-order valence-electron chi connectivity index (χ2n) is 6.25. The number of likely N-dealkylation sites (N-methyl/N-ethyl adjacent to an activating group) is 1. The van der Waals surface area contributed by atoms with Crippen molar-refractivity contribution in [2.45, 2.75) is 51.6 Å². The molecule has 0 amide bonds. The highest BCUT2D eigenvalue weighted by Crippen LogP contribution is 2.26. The van der Waals surface area contributed by atoms with Gasteiger partial charge in [-0.2, -0.15) is 0 Å². The Hall–Kier alpha value is -0.860. The van der Waals surface area contributed by atoms with Gasteiger partial charge in [-0.15, -0.1) is 0 Å². The third kappa shape index (κ3) is 4.63. The number of nitrogens with zero attached hydrogens (tertiary/aromatic N) is 1. The minimum Gasteiger partial charge on any atom is -0.326 e. The molecule has 2 N–H and O–H groups in total. The predicted molar refractivity (Wildman–Crippen MR) is 82.1 cm³/mol. The van der Waals surface area contributed by atoms with Gasteiger partial charge in [0.1, 0.15) is 0 Å². The average molecular weight is 260 g/mol. The predicted octanol–water partition coefficient (Wildman–Crippen LogP) is 3.33. The maximum Gasteiger partial charge on any atom is 0.0231 e. The summed E-state index contributed by atoms with van der Waals surface area (Å²) in [5.41, 5.74) is 9.11. The van der Waals surface area contributed by atoms with Crippen LogP contribution >= 0.6 is 0 Å². The van der Waals surface area contributed by atoms with Crippen LogP contribution in [0.2, 0.25) is 0 Å². The molecule has 1 aromatic rings. The van der Waals surface area contributed by atoms with Crippen LogP contribution in [0.25, 0.3) is 0 Å². The third-order valence-electron chi connectivity index (χ3n) is 4.31. The molecule has 19 heavy (non-hydrogen) atoms. The van der Waals surface area contributed by atoms with Crippen LogP contribution < -0.4 is 5.73 Å². The second kappa shape index (κ2) is 7.06. The van der Waals surface area contributed by atoms with E-state index in [0.717, 1.165) is 19.0 Å². The van der Waals surface area contributed by atoms with Crippen LogP contribution in [0.5, 0.6) is 0 Å². The van der Waals surface area contributed by atoms with Crippen molar-refractivity contribution in [3.63, 3.8) is 0 Å². The molecule has 0 radical (unpaired) electrons. The van der Waals surface area contributed by atoms with Crippen LogP contribution in [0.4, 0.5) is 0 Å². The fourth-order valence-corrected chi connectivity index (χ4v) is 3.26. The molecule has 1 aliphatic carbocycles. The molecule has 0 aliphatic heterocycles. The standard InChI is InChI=1S/C17H28N2/c1-14-7-6-8-15(11-14)12-19(2)13-17(18)16-9-4-3-5-10-16/h6-8,11,16-17H,3-5,9-10,12-13,18H2,1-2H3. The summed E-state index contributed by atoms with van der Waals surface area (Å²) in [4.78, 5) is 2.37. The molecule has 1 atom stereocenters. The largest absolute Gasteiger partial charge is 0.326 e. The Morgan fingerprint density at radius 2 is 2.00 bits per heavy atom. The van der Waals surface area contributed by atoms with Gasteiger partial charge in [0.25, 0.3) is 0 Å². The van der Waals surface area contributed by atoms with E-state index in [9.17, 15) is 0 Å². The molecule has 2 nitrogen and oxygen atoms in total. The van der Waals surface area contributed by atoms with E-state index in [2.05, 4.69) is 43.1 Å². The molecule has 0 saturated heterocycles. The molecule has 1 aromatic carbocycles. The Labute approximate surface area is 118 Å². The molecule has 2 heteroatoms. The summed E-state index contributed by atoms with van der Waals surface area (Å²) in [5, 5.41) is 0. The van der Waals surface area contributed by atoms with E-state index in [4.69, 9.17) is 5.73 Å².